The molecule has 0 bridgehead atoms. The van der Waals surface area contributed by atoms with Crippen LogP contribution in [0.2, 0.25) is 0 Å². The summed E-state index contributed by atoms with van der Waals surface area (Å²) in [5, 5.41) is 3.01. The van der Waals surface area contributed by atoms with Crippen molar-refractivity contribution >= 4 is 12.2 Å². The molecule has 19 heavy (non-hydrogen) atoms. The number of likely N-dealkylation sites (N-methyl/N-ethyl adjacent to an activating group) is 2. The maximum atomic E-state index is 11.8. The molecule has 0 aliphatic rings. The van der Waals surface area contributed by atoms with Crippen LogP contribution in [0.15, 0.2) is 30.3 Å². The summed E-state index contributed by atoms with van der Waals surface area (Å²) in [4.78, 5) is 23.0. The van der Waals surface area contributed by atoms with Crippen molar-refractivity contribution < 1.29 is 9.59 Å². The van der Waals surface area contributed by atoms with Crippen LogP contribution in [-0.4, -0.2) is 48.4 Å². The quantitative estimate of drug-likeness (QED) is 0.598. The van der Waals surface area contributed by atoms with Gasteiger partial charge in [-0.1, -0.05) is 30.3 Å². The van der Waals surface area contributed by atoms with E-state index in [-0.39, 0.29) is 5.91 Å². The number of rotatable bonds is 6. The summed E-state index contributed by atoms with van der Waals surface area (Å²) in [5.41, 5.74) is 6.61. The zero-order valence-corrected chi connectivity index (χ0v) is 11.6. The molecule has 5 nitrogen and oxygen atoms in total. The van der Waals surface area contributed by atoms with Crippen molar-refractivity contribution in [2.45, 2.75) is 25.4 Å². The minimum Gasteiger partial charge on any atom is -0.320 e. The molecule has 0 aliphatic carbocycles. The van der Waals surface area contributed by atoms with Crippen molar-refractivity contribution in [2.75, 3.05) is 14.1 Å². The molecule has 0 fully saturated rings. The highest BCUT2D eigenvalue weighted by Crippen LogP contribution is 2.08. The molecule has 0 heterocycles. The van der Waals surface area contributed by atoms with Crippen LogP contribution in [-0.2, 0) is 16.0 Å². The van der Waals surface area contributed by atoms with Crippen LogP contribution < -0.4 is 5.73 Å². The van der Waals surface area contributed by atoms with Gasteiger partial charge in [-0.2, -0.15) is 0 Å². The van der Waals surface area contributed by atoms with Gasteiger partial charge in [-0.25, -0.2) is 5.01 Å². The minimum atomic E-state index is -0.587. The second-order valence-corrected chi connectivity index (χ2v) is 4.62. The van der Waals surface area contributed by atoms with Gasteiger partial charge in [0.05, 0.1) is 12.1 Å². The maximum Gasteiger partial charge on any atom is 0.253 e. The molecule has 0 saturated carbocycles. The standard InChI is InChI=1S/C14H21N3O2/c1-11(15)14(19)17(3)16(2)13(10-18)9-12-7-5-4-6-8-12/h4-8,10-11,13H,9,15H2,1-3H3/t11-,13-/m0/s1. The van der Waals surface area contributed by atoms with Crippen molar-refractivity contribution in [3.05, 3.63) is 35.9 Å². The van der Waals surface area contributed by atoms with Crippen LogP contribution in [0.25, 0.3) is 0 Å². The number of aldehydes is 1. The van der Waals surface area contributed by atoms with Gasteiger partial charge in [-0.05, 0) is 18.9 Å². The Morgan fingerprint density at radius 2 is 1.89 bits per heavy atom. The molecule has 0 aromatic heterocycles. The van der Waals surface area contributed by atoms with Gasteiger partial charge in [0, 0.05) is 14.1 Å². The second-order valence-electron chi connectivity index (χ2n) is 4.62. The SMILES string of the molecule is C[C@H](N)C(=O)N(C)N(C)[C@H](C=O)Cc1ccccc1. The lowest BCUT2D eigenvalue weighted by molar-refractivity contribution is -0.149. The number of hydrazine groups is 1. The van der Waals surface area contributed by atoms with Crippen LogP contribution in [0, 0.1) is 0 Å². The summed E-state index contributed by atoms with van der Waals surface area (Å²) in [7, 11) is 3.33. The van der Waals surface area contributed by atoms with Crippen molar-refractivity contribution in [1.29, 1.82) is 0 Å². The van der Waals surface area contributed by atoms with E-state index in [1.807, 2.05) is 30.3 Å². The minimum absolute atomic E-state index is 0.220. The number of amides is 1. The van der Waals surface area contributed by atoms with Gasteiger partial charge >= 0.3 is 0 Å². The molecule has 0 spiro atoms. The highest BCUT2D eigenvalue weighted by Gasteiger charge is 2.23. The van der Waals surface area contributed by atoms with Gasteiger partial charge in [0.25, 0.3) is 5.91 Å². The largest absolute Gasteiger partial charge is 0.320 e. The van der Waals surface area contributed by atoms with Gasteiger partial charge in [0.2, 0.25) is 0 Å². The molecule has 1 aromatic rings. The van der Waals surface area contributed by atoms with Crippen molar-refractivity contribution in [3.8, 4) is 0 Å². The van der Waals surface area contributed by atoms with E-state index in [1.54, 1.807) is 26.0 Å². The Hall–Kier alpha value is -1.72. The Bertz CT molecular complexity index is 420. The summed E-state index contributed by atoms with van der Waals surface area (Å²) in [6.45, 7) is 1.62. The predicted octanol–water partition coefficient (Wildman–Crippen LogP) is 0.449. The third kappa shape index (κ3) is 4.15. The van der Waals surface area contributed by atoms with Crippen LogP contribution in [0.4, 0.5) is 0 Å². The summed E-state index contributed by atoms with van der Waals surface area (Å²) < 4.78 is 0. The molecule has 0 unspecified atom stereocenters. The molecular formula is C14H21N3O2. The van der Waals surface area contributed by atoms with Crippen LogP contribution >= 0.6 is 0 Å². The summed E-state index contributed by atoms with van der Waals surface area (Å²) in [6, 6.07) is 8.71. The summed E-state index contributed by atoms with van der Waals surface area (Å²) >= 11 is 0. The Balaban J connectivity index is 2.74. The molecule has 0 aliphatic heterocycles. The lowest BCUT2D eigenvalue weighted by Gasteiger charge is -2.33. The van der Waals surface area contributed by atoms with E-state index in [1.165, 1.54) is 5.01 Å². The number of benzene rings is 1. The number of nitrogens with two attached hydrogens (primary N) is 1. The van der Waals surface area contributed by atoms with Crippen LogP contribution in [0.5, 0.6) is 0 Å². The zero-order valence-electron chi connectivity index (χ0n) is 11.6. The molecule has 1 aromatic carbocycles. The van der Waals surface area contributed by atoms with E-state index in [0.29, 0.717) is 6.42 Å². The first kappa shape index (κ1) is 15.3. The van der Waals surface area contributed by atoms with Crippen molar-refractivity contribution in [1.82, 2.24) is 10.0 Å². The second kappa shape index (κ2) is 7.01. The van der Waals surface area contributed by atoms with Crippen LogP contribution in [0.3, 0.4) is 0 Å². The fourth-order valence-electron chi connectivity index (χ4n) is 1.80. The Kier molecular flexibility index (Phi) is 5.66. The molecule has 0 saturated heterocycles. The number of carbonyl (C=O) groups is 2. The number of hydrogen-bond donors (Lipinski definition) is 1. The first-order chi connectivity index (χ1) is 8.97. The predicted molar refractivity (Wildman–Crippen MR) is 74.2 cm³/mol. The molecule has 0 radical (unpaired) electrons. The fraction of sp³-hybridized carbons (Fsp3) is 0.429. The third-order valence-electron chi connectivity index (χ3n) is 3.11. The van der Waals surface area contributed by atoms with Gasteiger partial charge in [-0.3, -0.25) is 9.80 Å². The fourth-order valence-corrected chi connectivity index (χ4v) is 1.80. The maximum absolute atomic E-state index is 11.8. The Morgan fingerprint density at radius 1 is 1.32 bits per heavy atom. The van der Waals surface area contributed by atoms with Crippen LogP contribution in [0.1, 0.15) is 12.5 Å². The van der Waals surface area contributed by atoms with E-state index in [0.717, 1.165) is 11.8 Å². The van der Waals surface area contributed by atoms with Gasteiger partial charge < -0.3 is 10.5 Å². The average Bonchev–Trinajstić information content (AvgIpc) is 2.43. The van der Waals surface area contributed by atoms with Crippen molar-refractivity contribution in [3.63, 3.8) is 0 Å². The summed E-state index contributed by atoms with van der Waals surface area (Å²) in [5.74, 6) is -0.220. The highest BCUT2D eigenvalue weighted by atomic mass is 16.2. The average molecular weight is 263 g/mol. The van der Waals surface area contributed by atoms with E-state index in [4.69, 9.17) is 5.73 Å². The Labute approximate surface area is 114 Å². The van der Waals surface area contributed by atoms with Gasteiger partial charge in [0.15, 0.2) is 0 Å². The van der Waals surface area contributed by atoms with Crippen molar-refractivity contribution in [2.24, 2.45) is 5.73 Å². The molecular weight excluding hydrogens is 242 g/mol. The number of hydrogen-bond acceptors (Lipinski definition) is 4. The highest BCUT2D eigenvalue weighted by molar-refractivity contribution is 5.80. The van der Waals surface area contributed by atoms with E-state index in [9.17, 15) is 9.59 Å². The summed E-state index contributed by atoms with van der Waals surface area (Å²) in [6.07, 6.45) is 1.40. The van der Waals surface area contributed by atoms with Gasteiger partial charge in [0.1, 0.15) is 6.29 Å². The van der Waals surface area contributed by atoms with E-state index in [2.05, 4.69) is 0 Å². The molecule has 1 rings (SSSR count). The topological polar surface area (TPSA) is 66.6 Å². The smallest absolute Gasteiger partial charge is 0.253 e. The number of nitrogens with zero attached hydrogens (tertiary/aromatic N) is 2. The van der Waals surface area contributed by atoms with E-state index < -0.39 is 12.1 Å². The number of carbonyl (C=O) groups excluding carboxylic acids is 2. The molecule has 1 amide bonds. The monoisotopic (exact) mass is 263 g/mol. The molecule has 104 valence electrons. The lowest BCUT2D eigenvalue weighted by atomic mass is 10.1. The lowest BCUT2D eigenvalue weighted by Crippen LogP contribution is -2.52. The third-order valence-corrected chi connectivity index (χ3v) is 3.11. The first-order valence-corrected chi connectivity index (χ1v) is 6.22. The Morgan fingerprint density at radius 3 is 2.37 bits per heavy atom. The first-order valence-electron chi connectivity index (χ1n) is 6.22. The van der Waals surface area contributed by atoms with E-state index >= 15 is 0 Å². The normalized spacial score (nSPS) is 13.9. The molecule has 2 N–H and O–H groups in total. The van der Waals surface area contributed by atoms with Gasteiger partial charge in [-0.15, -0.1) is 0 Å². The molecule has 2 atom stereocenters. The molecule has 5 heteroatoms. The zero-order chi connectivity index (χ0) is 14.4.